The van der Waals surface area contributed by atoms with Crippen LogP contribution in [0.25, 0.3) is 75.4 Å². The second kappa shape index (κ2) is 5.75. The van der Waals surface area contributed by atoms with Crippen LogP contribution in [0.1, 0.15) is 0 Å². The van der Waals surface area contributed by atoms with E-state index in [1.165, 1.54) is 96.3 Å². The van der Waals surface area contributed by atoms with Crippen LogP contribution < -0.4 is 0 Å². The van der Waals surface area contributed by atoms with Crippen molar-refractivity contribution in [1.29, 1.82) is 0 Å². The van der Waals surface area contributed by atoms with Crippen molar-refractivity contribution in [2.24, 2.45) is 0 Å². The average Bonchev–Trinajstić information content (AvgIpc) is 3.55. The van der Waals surface area contributed by atoms with E-state index in [1.807, 2.05) is 0 Å². The van der Waals surface area contributed by atoms with Gasteiger partial charge in [0.05, 0.1) is 0 Å². The van der Waals surface area contributed by atoms with Crippen molar-refractivity contribution in [1.82, 2.24) is 0 Å². The molecule has 0 N–H and O–H groups in total. The van der Waals surface area contributed by atoms with Gasteiger partial charge in [-0.25, -0.2) is 0 Å². The van der Waals surface area contributed by atoms with Gasteiger partial charge in [0, 0.05) is 0 Å². The van der Waals surface area contributed by atoms with Crippen molar-refractivity contribution in [3.05, 3.63) is 130 Å². The van der Waals surface area contributed by atoms with Gasteiger partial charge in [0.1, 0.15) is 0 Å². The molecule has 0 saturated heterocycles. The van der Waals surface area contributed by atoms with Crippen LogP contribution in [0.3, 0.4) is 0 Å². The topological polar surface area (TPSA) is 0 Å². The second-order valence-corrected chi connectivity index (χ2v) is 10.4. The first-order chi connectivity index (χ1) is 17.9. The monoisotopic (exact) mass is 450 g/mol. The first-order valence-corrected chi connectivity index (χ1v) is 12.7. The van der Waals surface area contributed by atoms with E-state index < -0.39 is 0 Å². The SMILES string of the molecule is c1ccc2c(c1)=c1ccc3c4cc5cc6c7ccccc7c7cccc(c5cc4c4ccc=2c1c34)c76. The van der Waals surface area contributed by atoms with Gasteiger partial charge in [-0.1, -0.05) is 91.0 Å². The van der Waals surface area contributed by atoms with Crippen LogP contribution in [0.2, 0.25) is 0 Å². The molecule has 9 aromatic rings. The van der Waals surface area contributed by atoms with Gasteiger partial charge in [-0.15, -0.1) is 0 Å². The van der Waals surface area contributed by atoms with Crippen molar-refractivity contribution in [2.45, 2.75) is 0 Å². The summed E-state index contributed by atoms with van der Waals surface area (Å²) in [6.45, 7) is 0. The van der Waals surface area contributed by atoms with E-state index >= 15 is 0 Å². The van der Waals surface area contributed by atoms with E-state index in [0.717, 1.165) is 0 Å². The van der Waals surface area contributed by atoms with Crippen molar-refractivity contribution < 1.29 is 0 Å². The zero-order chi connectivity index (χ0) is 23.1. The molecule has 0 amide bonds. The highest BCUT2D eigenvalue weighted by molar-refractivity contribution is 6.37. The van der Waals surface area contributed by atoms with Crippen molar-refractivity contribution in [2.75, 3.05) is 0 Å². The minimum atomic E-state index is 1.33. The molecule has 1 aliphatic carbocycles. The molecule has 0 unspecified atom stereocenters. The summed E-state index contributed by atoms with van der Waals surface area (Å²) in [6.07, 6.45) is 0. The van der Waals surface area contributed by atoms with Gasteiger partial charge in [-0.3, -0.25) is 0 Å². The number of rotatable bonds is 0. The molecule has 0 atom stereocenters. The van der Waals surface area contributed by atoms with Crippen molar-refractivity contribution in [3.8, 4) is 0 Å². The molecular weight excluding hydrogens is 432 g/mol. The Morgan fingerprint density at radius 2 is 0.778 bits per heavy atom. The maximum atomic E-state index is 2.47. The lowest BCUT2D eigenvalue weighted by molar-refractivity contribution is 1.49. The predicted octanol–water partition coefficient (Wildman–Crippen LogP) is 9.52. The molecular formula is C36H18. The van der Waals surface area contributed by atoms with E-state index in [4.69, 9.17) is 0 Å². The normalized spacial score (nSPS) is 13.0. The highest BCUT2D eigenvalue weighted by atomic mass is 14.2. The summed E-state index contributed by atoms with van der Waals surface area (Å²) in [7, 11) is 0. The molecule has 0 fully saturated rings. The minimum Gasteiger partial charge on any atom is -0.0616 e. The molecule has 0 bridgehead atoms. The summed E-state index contributed by atoms with van der Waals surface area (Å²) in [5.41, 5.74) is 0. The third-order valence-corrected chi connectivity index (χ3v) is 8.87. The molecule has 162 valence electrons. The van der Waals surface area contributed by atoms with Gasteiger partial charge >= 0.3 is 0 Å². The Kier molecular flexibility index (Phi) is 2.83. The Hall–Kier alpha value is -4.68. The Bertz CT molecular complexity index is 2580. The third-order valence-electron chi connectivity index (χ3n) is 8.87. The molecule has 0 heterocycles. The van der Waals surface area contributed by atoms with Crippen molar-refractivity contribution >= 4 is 75.4 Å². The highest BCUT2D eigenvalue weighted by Gasteiger charge is 2.19. The Labute approximate surface area is 205 Å². The largest absolute Gasteiger partial charge is 0.0616 e. The second-order valence-electron chi connectivity index (χ2n) is 10.4. The molecule has 0 radical (unpaired) electrons. The van der Waals surface area contributed by atoms with E-state index in [0.29, 0.717) is 0 Å². The van der Waals surface area contributed by atoms with Gasteiger partial charge in [0.2, 0.25) is 0 Å². The first-order valence-electron chi connectivity index (χ1n) is 12.7. The third kappa shape index (κ3) is 1.83. The van der Waals surface area contributed by atoms with Gasteiger partial charge < -0.3 is 0 Å². The van der Waals surface area contributed by atoms with Crippen LogP contribution in [-0.4, -0.2) is 0 Å². The molecule has 0 aromatic heterocycles. The Balaban J connectivity index is 1.48. The predicted molar refractivity (Wildman–Crippen MR) is 153 cm³/mol. The van der Waals surface area contributed by atoms with E-state index in [9.17, 15) is 0 Å². The summed E-state index contributed by atoms with van der Waals surface area (Å²) in [4.78, 5) is 0. The quantitative estimate of drug-likeness (QED) is 0.202. The number of benzene rings is 7. The molecule has 0 aliphatic heterocycles. The minimum absolute atomic E-state index is 1.33. The molecule has 10 rings (SSSR count). The van der Waals surface area contributed by atoms with Crippen LogP contribution in [0.4, 0.5) is 0 Å². The first kappa shape index (κ1) is 17.7. The zero-order valence-corrected chi connectivity index (χ0v) is 19.4. The molecule has 0 spiro atoms. The standard InChI is InChI=1S/C36H18/c1-2-7-21-20(6-1)26-12-14-28-31-16-19-17-33-23-9-4-3-8-22(23)24-10-5-11-25(34(24)33)30(19)18-32(31)29-15-13-27(21)35(26)36(28)29/h1-18H. The highest BCUT2D eigenvalue weighted by Crippen LogP contribution is 2.46. The summed E-state index contributed by atoms with van der Waals surface area (Å²) in [5.74, 6) is 0. The molecule has 9 aromatic carbocycles. The molecule has 0 saturated carbocycles. The van der Waals surface area contributed by atoms with Gasteiger partial charge in [-0.2, -0.15) is 0 Å². The lowest BCUT2D eigenvalue weighted by Gasteiger charge is -2.07. The lowest BCUT2D eigenvalue weighted by Crippen LogP contribution is -1.79. The van der Waals surface area contributed by atoms with E-state index in [1.54, 1.807) is 0 Å². The van der Waals surface area contributed by atoms with Crippen molar-refractivity contribution in [3.63, 3.8) is 0 Å². The van der Waals surface area contributed by atoms with E-state index in [-0.39, 0.29) is 0 Å². The smallest absolute Gasteiger partial charge is 0.00139 e. The van der Waals surface area contributed by atoms with Crippen LogP contribution in [-0.2, 0) is 0 Å². The van der Waals surface area contributed by atoms with Crippen LogP contribution in [0, 0.1) is 20.9 Å². The summed E-state index contributed by atoms with van der Waals surface area (Å²) in [5, 5.41) is 24.7. The van der Waals surface area contributed by atoms with Gasteiger partial charge in [0.25, 0.3) is 0 Å². The average molecular weight is 451 g/mol. The lowest BCUT2D eigenvalue weighted by atomic mass is 9.96. The number of fused-ring (bicyclic) bond motifs is 9. The molecule has 0 heteroatoms. The maximum Gasteiger partial charge on any atom is -0.00139 e. The summed E-state index contributed by atoms with van der Waals surface area (Å²) in [6, 6.07) is 41.3. The fourth-order valence-electron chi connectivity index (χ4n) is 7.45. The fourth-order valence-corrected chi connectivity index (χ4v) is 7.45. The molecule has 36 heavy (non-hydrogen) atoms. The Morgan fingerprint density at radius 3 is 1.50 bits per heavy atom. The molecule has 1 aliphatic rings. The maximum absolute atomic E-state index is 2.47. The van der Waals surface area contributed by atoms with Gasteiger partial charge in [-0.05, 0) is 114 Å². The zero-order valence-electron chi connectivity index (χ0n) is 19.4. The van der Waals surface area contributed by atoms with Gasteiger partial charge in [0.15, 0.2) is 0 Å². The summed E-state index contributed by atoms with van der Waals surface area (Å²) < 4.78 is 0. The summed E-state index contributed by atoms with van der Waals surface area (Å²) >= 11 is 0. The van der Waals surface area contributed by atoms with Crippen LogP contribution in [0.5, 0.6) is 0 Å². The van der Waals surface area contributed by atoms with Crippen LogP contribution in [0.15, 0.2) is 109 Å². The number of hydrogen-bond donors (Lipinski definition) is 0. The Morgan fingerprint density at radius 1 is 0.250 bits per heavy atom. The number of hydrogen-bond acceptors (Lipinski definition) is 0. The molecule has 0 nitrogen and oxygen atoms in total. The van der Waals surface area contributed by atoms with E-state index in [2.05, 4.69) is 109 Å². The fraction of sp³-hybridized carbons (Fsp3) is 0. The van der Waals surface area contributed by atoms with Crippen LogP contribution >= 0.6 is 0 Å².